The van der Waals surface area contributed by atoms with E-state index in [0.717, 1.165) is 11.1 Å². The molecule has 1 N–H and O–H groups in total. The van der Waals surface area contributed by atoms with Crippen LogP contribution in [-0.2, 0) is 0 Å². The molecular weight excluding hydrogens is 270 g/mol. The quantitative estimate of drug-likeness (QED) is 0.532. The molecule has 0 aliphatic carbocycles. The molecule has 0 atom stereocenters. The first-order chi connectivity index (χ1) is 10.1. The Bertz CT molecular complexity index is 711. The lowest BCUT2D eigenvalue weighted by atomic mass is 10.1. The summed E-state index contributed by atoms with van der Waals surface area (Å²) in [6, 6.07) is 13.3. The van der Waals surface area contributed by atoms with E-state index in [1.165, 1.54) is 24.4 Å². The normalized spacial score (nSPS) is 10.5. The number of amides is 1. The number of aryl methyl sites for hydroxylation is 1. The topological polar surface area (TPSA) is 84.6 Å². The molecule has 0 aromatic heterocycles. The van der Waals surface area contributed by atoms with Gasteiger partial charge in [0.2, 0.25) is 0 Å². The van der Waals surface area contributed by atoms with Crippen LogP contribution < -0.4 is 5.43 Å². The summed E-state index contributed by atoms with van der Waals surface area (Å²) in [5, 5.41) is 14.7. The predicted molar refractivity (Wildman–Crippen MR) is 79.3 cm³/mol. The van der Waals surface area contributed by atoms with Crippen molar-refractivity contribution in [2.45, 2.75) is 6.92 Å². The summed E-state index contributed by atoms with van der Waals surface area (Å²) in [6.07, 6.45) is 1.49. The van der Waals surface area contributed by atoms with Gasteiger partial charge in [-0.2, -0.15) is 5.10 Å². The molecule has 2 rings (SSSR count). The highest BCUT2D eigenvalue weighted by Gasteiger charge is 2.18. The fourth-order valence-electron chi connectivity index (χ4n) is 1.80. The number of benzene rings is 2. The van der Waals surface area contributed by atoms with Crippen molar-refractivity contribution in [2.75, 3.05) is 0 Å². The number of para-hydroxylation sites is 1. The largest absolute Gasteiger partial charge is 0.282 e. The Morgan fingerprint density at radius 1 is 1.24 bits per heavy atom. The molecule has 0 aliphatic rings. The monoisotopic (exact) mass is 283 g/mol. The molecule has 0 fully saturated rings. The fraction of sp³-hybridized carbons (Fsp3) is 0.0667. The minimum Gasteiger partial charge on any atom is -0.267 e. The Kier molecular flexibility index (Phi) is 4.40. The van der Waals surface area contributed by atoms with Gasteiger partial charge in [-0.05, 0) is 18.6 Å². The molecule has 0 aliphatic heterocycles. The first-order valence-electron chi connectivity index (χ1n) is 6.21. The number of carbonyl (C=O) groups excluding carboxylic acids is 1. The molecule has 0 spiro atoms. The number of nitro benzene ring substituents is 1. The van der Waals surface area contributed by atoms with E-state index < -0.39 is 10.8 Å². The van der Waals surface area contributed by atoms with E-state index in [1.807, 2.05) is 31.2 Å². The van der Waals surface area contributed by atoms with Crippen LogP contribution >= 0.6 is 0 Å². The standard InChI is InChI=1S/C15H13N3O3/c1-11-5-4-6-12(9-11)10-16-17-15(19)13-7-2-3-8-14(13)18(20)21/h2-10H,1H3,(H,17,19)/b16-10-. The molecule has 0 unspecified atom stereocenters. The Morgan fingerprint density at radius 3 is 2.71 bits per heavy atom. The van der Waals surface area contributed by atoms with Crippen molar-refractivity contribution in [3.63, 3.8) is 0 Å². The average molecular weight is 283 g/mol. The SMILES string of the molecule is Cc1cccc(/C=N\NC(=O)c2ccccc2[N+](=O)[O-])c1. The lowest BCUT2D eigenvalue weighted by Gasteiger charge is -2.01. The summed E-state index contributed by atoms with van der Waals surface area (Å²) >= 11 is 0. The van der Waals surface area contributed by atoms with E-state index in [9.17, 15) is 14.9 Å². The minimum absolute atomic E-state index is 0.0242. The van der Waals surface area contributed by atoms with Gasteiger partial charge in [0, 0.05) is 6.07 Å². The summed E-state index contributed by atoms with van der Waals surface area (Å²) in [7, 11) is 0. The van der Waals surface area contributed by atoms with Gasteiger partial charge >= 0.3 is 0 Å². The second-order valence-corrected chi connectivity index (χ2v) is 4.39. The molecule has 0 heterocycles. The second kappa shape index (κ2) is 6.42. The van der Waals surface area contributed by atoms with Crippen LogP contribution in [0.1, 0.15) is 21.5 Å². The van der Waals surface area contributed by atoms with Crippen LogP contribution in [0.2, 0.25) is 0 Å². The van der Waals surface area contributed by atoms with E-state index in [4.69, 9.17) is 0 Å². The summed E-state index contributed by atoms with van der Waals surface area (Å²) in [5.41, 5.74) is 3.92. The predicted octanol–water partition coefficient (Wildman–Crippen LogP) is 2.67. The van der Waals surface area contributed by atoms with E-state index in [0.29, 0.717) is 0 Å². The van der Waals surface area contributed by atoms with Gasteiger partial charge in [0.25, 0.3) is 11.6 Å². The Labute approximate surface area is 121 Å². The molecule has 1 amide bonds. The summed E-state index contributed by atoms with van der Waals surface area (Å²) in [6.45, 7) is 1.95. The number of nitrogens with one attached hydrogen (secondary N) is 1. The third kappa shape index (κ3) is 3.73. The van der Waals surface area contributed by atoms with Crippen LogP contribution in [0.5, 0.6) is 0 Å². The van der Waals surface area contributed by atoms with Crippen LogP contribution in [0.25, 0.3) is 0 Å². The van der Waals surface area contributed by atoms with Crippen molar-refractivity contribution < 1.29 is 9.72 Å². The highest BCUT2D eigenvalue weighted by atomic mass is 16.6. The first-order valence-corrected chi connectivity index (χ1v) is 6.21. The zero-order valence-electron chi connectivity index (χ0n) is 11.3. The van der Waals surface area contributed by atoms with Crippen molar-refractivity contribution >= 4 is 17.8 Å². The molecule has 0 radical (unpaired) electrons. The summed E-state index contributed by atoms with van der Waals surface area (Å²) in [4.78, 5) is 22.1. The number of rotatable bonds is 4. The highest BCUT2D eigenvalue weighted by Crippen LogP contribution is 2.17. The molecule has 0 saturated carbocycles. The molecule has 0 bridgehead atoms. The smallest absolute Gasteiger partial charge is 0.267 e. The van der Waals surface area contributed by atoms with Crippen molar-refractivity contribution in [1.82, 2.24) is 5.43 Å². The Balaban J connectivity index is 2.11. The van der Waals surface area contributed by atoms with Crippen LogP contribution in [0.15, 0.2) is 53.6 Å². The number of carbonyl (C=O) groups is 1. The van der Waals surface area contributed by atoms with Gasteiger partial charge < -0.3 is 0 Å². The van der Waals surface area contributed by atoms with Crippen LogP contribution in [-0.4, -0.2) is 17.0 Å². The minimum atomic E-state index is -0.619. The van der Waals surface area contributed by atoms with E-state index in [1.54, 1.807) is 6.07 Å². The first kappa shape index (κ1) is 14.4. The number of hydrazone groups is 1. The molecule has 6 heteroatoms. The van der Waals surface area contributed by atoms with Crippen molar-refractivity contribution in [3.05, 3.63) is 75.3 Å². The number of hydrogen-bond donors (Lipinski definition) is 1. The molecule has 21 heavy (non-hydrogen) atoms. The van der Waals surface area contributed by atoms with Crippen LogP contribution in [0.4, 0.5) is 5.69 Å². The van der Waals surface area contributed by atoms with Crippen molar-refractivity contribution in [3.8, 4) is 0 Å². The van der Waals surface area contributed by atoms with E-state index >= 15 is 0 Å². The maximum absolute atomic E-state index is 11.9. The van der Waals surface area contributed by atoms with Gasteiger partial charge in [0.15, 0.2) is 0 Å². The van der Waals surface area contributed by atoms with E-state index in [-0.39, 0.29) is 11.3 Å². The van der Waals surface area contributed by atoms with Crippen molar-refractivity contribution in [1.29, 1.82) is 0 Å². The van der Waals surface area contributed by atoms with Gasteiger partial charge in [0.1, 0.15) is 5.56 Å². The van der Waals surface area contributed by atoms with Gasteiger partial charge in [0.05, 0.1) is 11.1 Å². The summed E-state index contributed by atoms with van der Waals surface area (Å²) in [5.74, 6) is -0.619. The number of nitrogens with zero attached hydrogens (tertiary/aromatic N) is 2. The van der Waals surface area contributed by atoms with Crippen LogP contribution in [0, 0.1) is 17.0 Å². The zero-order chi connectivity index (χ0) is 15.2. The molecule has 2 aromatic carbocycles. The van der Waals surface area contributed by atoms with Gasteiger partial charge in [-0.3, -0.25) is 14.9 Å². The molecule has 0 saturated heterocycles. The molecule has 6 nitrogen and oxygen atoms in total. The van der Waals surface area contributed by atoms with Gasteiger partial charge in [-0.1, -0.05) is 42.0 Å². The maximum Gasteiger partial charge on any atom is 0.282 e. The van der Waals surface area contributed by atoms with E-state index in [2.05, 4.69) is 10.5 Å². The number of nitro groups is 1. The Morgan fingerprint density at radius 2 is 2.00 bits per heavy atom. The average Bonchev–Trinajstić information content (AvgIpc) is 2.47. The van der Waals surface area contributed by atoms with Gasteiger partial charge in [-0.25, -0.2) is 5.43 Å². The highest BCUT2D eigenvalue weighted by molar-refractivity contribution is 5.98. The molecular formula is C15H13N3O3. The molecule has 2 aromatic rings. The lowest BCUT2D eigenvalue weighted by molar-refractivity contribution is -0.385. The van der Waals surface area contributed by atoms with Crippen LogP contribution in [0.3, 0.4) is 0 Å². The maximum atomic E-state index is 11.9. The fourth-order valence-corrected chi connectivity index (χ4v) is 1.80. The molecule has 106 valence electrons. The van der Waals surface area contributed by atoms with Crippen molar-refractivity contribution in [2.24, 2.45) is 5.10 Å². The third-order valence-corrected chi connectivity index (χ3v) is 2.77. The number of hydrogen-bond acceptors (Lipinski definition) is 4. The lowest BCUT2D eigenvalue weighted by Crippen LogP contribution is -2.18. The Hall–Kier alpha value is -3.02. The summed E-state index contributed by atoms with van der Waals surface area (Å²) < 4.78 is 0. The zero-order valence-corrected chi connectivity index (χ0v) is 11.3. The second-order valence-electron chi connectivity index (χ2n) is 4.39. The van der Waals surface area contributed by atoms with Gasteiger partial charge in [-0.15, -0.1) is 0 Å². The third-order valence-electron chi connectivity index (χ3n) is 2.77.